The Hall–Kier alpha value is -1.94. The van der Waals surface area contributed by atoms with E-state index < -0.39 is 0 Å². The van der Waals surface area contributed by atoms with Crippen LogP contribution in [-0.2, 0) is 9.59 Å². The zero-order valence-corrected chi connectivity index (χ0v) is 29.4. The molecule has 0 aromatic carbocycles. The number of unbranched alkanes of at least 4 members (excludes halogenated alkanes) is 27. The molecule has 0 aliphatic carbocycles. The summed E-state index contributed by atoms with van der Waals surface area (Å²) < 4.78 is 0. The van der Waals surface area contributed by atoms with Crippen LogP contribution in [0.1, 0.15) is 206 Å². The van der Waals surface area contributed by atoms with E-state index in [1.54, 1.807) is 0 Å². The highest BCUT2D eigenvalue weighted by Gasteiger charge is 1.98. The molecule has 0 saturated carbocycles. The van der Waals surface area contributed by atoms with Gasteiger partial charge in [-0.25, -0.2) is 0 Å². The van der Waals surface area contributed by atoms with E-state index in [4.69, 9.17) is 0 Å². The molecule has 0 unspecified atom stereocenters. The Balaban J connectivity index is 3.41. The van der Waals surface area contributed by atoms with Gasteiger partial charge in [-0.05, 0) is 37.5 Å². The van der Waals surface area contributed by atoms with Crippen LogP contribution in [0.25, 0.3) is 0 Å². The van der Waals surface area contributed by atoms with E-state index in [2.05, 4.69) is 48.2 Å². The summed E-state index contributed by atoms with van der Waals surface area (Å²) >= 11 is 0. The molecule has 0 aliphatic rings. The van der Waals surface area contributed by atoms with Gasteiger partial charge in [-0.1, -0.05) is 180 Å². The van der Waals surface area contributed by atoms with Gasteiger partial charge in [0.05, 0.1) is 0 Å². The molecule has 0 aliphatic heterocycles. The van der Waals surface area contributed by atoms with Crippen LogP contribution in [0.15, 0.2) is 0 Å². The summed E-state index contributed by atoms with van der Waals surface area (Å²) in [7, 11) is 0. The topological polar surface area (TPSA) is 58.2 Å². The smallest absolute Gasteiger partial charge is 0.295 e. The molecule has 254 valence electrons. The van der Waals surface area contributed by atoms with Crippen LogP contribution in [0, 0.1) is 23.7 Å². The van der Waals surface area contributed by atoms with Crippen molar-refractivity contribution < 1.29 is 9.59 Å². The molecule has 0 rings (SSSR count). The molecule has 0 fully saturated rings. The summed E-state index contributed by atoms with van der Waals surface area (Å²) in [6.07, 6.45) is 38.1. The van der Waals surface area contributed by atoms with Crippen LogP contribution in [0.4, 0.5) is 0 Å². The molecule has 0 heterocycles. The van der Waals surface area contributed by atoms with Crippen LogP contribution in [-0.4, -0.2) is 24.9 Å². The summed E-state index contributed by atoms with van der Waals surface area (Å²) in [6.45, 7) is 5.73. The first kappa shape index (κ1) is 42.1. The maximum atomic E-state index is 11.9. The van der Waals surface area contributed by atoms with Gasteiger partial charge in [0.2, 0.25) is 0 Å². The predicted molar refractivity (Wildman–Crippen MR) is 191 cm³/mol. The number of carbonyl (C=O) groups is 2. The van der Waals surface area contributed by atoms with Crippen molar-refractivity contribution in [3.8, 4) is 23.7 Å². The Labute approximate surface area is 274 Å². The first-order valence-electron chi connectivity index (χ1n) is 19.2. The largest absolute Gasteiger partial charge is 0.345 e. The van der Waals surface area contributed by atoms with Gasteiger partial charge in [0.25, 0.3) is 11.8 Å². The lowest BCUT2D eigenvalue weighted by atomic mass is 10.0. The maximum absolute atomic E-state index is 11.9. The Bertz CT molecular complexity index is 691. The second-order valence-corrected chi connectivity index (χ2v) is 12.8. The van der Waals surface area contributed by atoms with E-state index in [1.807, 2.05) is 0 Å². The Morgan fingerprint density at radius 2 is 0.614 bits per heavy atom. The average Bonchev–Trinajstić information content (AvgIpc) is 3.02. The molecule has 4 heteroatoms. The van der Waals surface area contributed by atoms with Gasteiger partial charge in [0.1, 0.15) is 0 Å². The summed E-state index contributed by atoms with van der Waals surface area (Å²) in [4.78, 5) is 23.7. The quantitative estimate of drug-likeness (QED) is 0.0604. The van der Waals surface area contributed by atoms with Crippen molar-refractivity contribution in [2.45, 2.75) is 206 Å². The summed E-state index contributed by atoms with van der Waals surface area (Å²) in [5, 5.41) is 5.70. The molecule has 0 spiro atoms. The molecule has 0 atom stereocenters. The van der Waals surface area contributed by atoms with E-state index in [9.17, 15) is 9.59 Å². The fraction of sp³-hybridized carbons (Fsp3) is 0.850. The molecule has 44 heavy (non-hydrogen) atoms. The second kappa shape index (κ2) is 37.2. The minimum Gasteiger partial charge on any atom is -0.345 e. The fourth-order valence-corrected chi connectivity index (χ4v) is 5.49. The summed E-state index contributed by atoms with van der Waals surface area (Å²) in [5.74, 6) is 11.1. The number of carbonyl (C=O) groups excluding carboxylic acids is 2. The normalized spacial score (nSPS) is 10.5. The first-order valence-corrected chi connectivity index (χ1v) is 19.2. The van der Waals surface area contributed by atoms with Crippen LogP contribution in [0.5, 0.6) is 0 Å². The molecule has 0 aromatic heterocycles. The minimum absolute atomic E-state index is 0.192. The number of amides is 2. The third-order valence-electron chi connectivity index (χ3n) is 8.39. The molecular formula is C40H72N2O2. The SMILES string of the molecule is CCCCCCCCCCCCCCCC#CC(=O)NCCCCNC(=O)C#CCCCCCCCCCCCCCCC. The number of hydrogen-bond acceptors (Lipinski definition) is 2. The van der Waals surface area contributed by atoms with Crippen molar-refractivity contribution in [2.24, 2.45) is 0 Å². The standard InChI is InChI=1S/C40H72N2O2/c1-3-5-7-9-11-13-15-17-19-21-23-25-27-29-31-35-39(43)41-37-33-34-38-42-40(44)36-32-30-28-26-24-22-20-18-16-14-12-10-8-6-4-2/h3-30,33-34,37-38H2,1-2H3,(H,41,43)(H,42,44). The van der Waals surface area contributed by atoms with Crippen LogP contribution < -0.4 is 10.6 Å². The molecule has 4 nitrogen and oxygen atoms in total. The van der Waals surface area contributed by atoms with Crippen molar-refractivity contribution in [2.75, 3.05) is 13.1 Å². The van der Waals surface area contributed by atoms with Crippen LogP contribution >= 0.6 is 0 Å². The van der Waals surface area contributed by atoms with Crippen LogP contribution in [0.2, 0.25) is 0 Å². The average molecular weight is 613 g/mol. The van der Waals surface area contributed by atoms with Crippen molar-refractivity contribution in [3.63, 3.8) is 0 Å². The van der Waals surface area contributed by atoms with Gasteiger partial charge in [-0.3, -0.25) is 9.59 Å². The lowest BCUT2D eigenvalue weighted by molar-refractivity contribution is -0.116. The summed E-state index contributed by atoms with van der Waals surface area (Å²) in [6, 6.07) is 0. The second-order valence-electron chi connectivity index (χ2n) is 12.8. The Morgan fingerprint density at radius 1 is 0.364 bits per heavy atom. The van der Waals surface area contributed by atoms with Crippen molar-refractivity contribution in [1.29, 1.82) is 0 Å². The highest BCUT2D eigenvalue weighted by atomic mass is 16.2. The third kappa shape index (κ3) is 36.3. The van der Waals surface area contributed by atoms with E-state index >= 15 is 0 Å². The maximum Gasteiger partial charge on any atom is 0.295 e. The Morgan fingerprint density at radius 3 is 0.886 bits per heavy atom. The van der Waals surface area contributed by atoms with Crippen molar-refractivity contribution >= 4 is 11.8 Å². The molecular weight excluding hydrogens is 540 g/mol. The number of rotatable bonds is 31. The first-order chi connectivity index (χ1) is 21.7. The Kier molecular flexibility index (Phi) is 35.6. The monoisotopic (exact) mass is 613 g/mol. The number of nitrogens with one attached hydrogen (secondary N) is 2. The fourth-order valence-electron chi connectivity index (χ4n) is 5.49. The molecule has 2 N–H and O–H groups in total. The van der Waals surface area contributed by atoms with E-state index in [1.165, 1.54) is 154 Å². The van der Waals surface area contributed by atoms with Crippen molar-refractivity contribution in [1.82, 2.24) is 10.6 Å². The summed E-state index contributed by atoms with van der Waals surface area (Å²) in [5.41, 5.74) is 0. The van der Waals surface area contributed by atoms with Gasteiger partial charge >= 0.3 is 0 Å². The third-order valence-corrected chi connectivity index (χ3v) is 8.39. The van der Waals surface area contributed by atoms with Gasteiger partial charge in [0, 0.05) is 25.9 Å². The predicted octanol–water partition coefficient (Wildman–Crippen LogP) is 11.0. The molecule has 0 radical (unpaired) electrons. The highest BCUT2D eigenvalue weighted by molar-refractivity contribution is 5.93. The lowest BCUT2D eigenvalue weighted by Crippen LogP contribution is -2.25. The molecule has 0 bridgehead atoms. The van der Waals surface area contributed by atoms with Gasteiger partial charge in [-0.15, -0.1) is 0 Å². The van der Waals surface area contributed by atoms with E-state index in [0.29, 0.717) is 13.1 Å². The lowest BCUT2D eigenvalue weighted by Gasteiger charge is -2.02. The minimum atomic E-state index is -0.192. The number of hydrogen-bond donors (Lipinski definition) is 2. The van der Waals surface area contributed by atoms with Gasteiger partial charge in [-0.2, -0.15) is 0 Å². The molecule has 2 amide bonds. The molecule has 0 saturated heterocycles. The van der Waals surface area contributed by atoms with E-state index in [-0.39, 0.29) is 11.8 Å². The van der Waals surface area contributed by atoms with Gasteiger partial charge < -0.3 is 10.6 Å². The molecule has 0 aromatic rings. The van der Waals surface area contributed by atoms with Crippen molar-refractivity contribution in [3.05, 3.63) is 0 Å². The van der Waals surface area contributed by atoms with E-state index in [0.717, 1.165) is 38.5 Å². The van der Waals surface area contributed by atoms with Crippen LogP contribution in [0.3, 0.4) is 0 Å². The zero-order valence-electron chi connectivity index (χ0n) is 29.4. The highest BCUT2D eigenvalue weighted by Crippen LogP contribution is 2.14. The van der Waals surface area contributed by atoms with Gasteiger partial charge in [0.15, 0.2) is 0 Å². The zero-order chi connectivity index (χ0) is 32.0.